The third-order valence-electron chi connectivity index (χ3n) is 1.53. The maximum Gasteiger partial charge on any atom is 0.357 e. The summed E-state index contributed by atoms with van der Waals surface area (Å²) >= 11 is 3.26. The van der Waals surface area contributed by atoms with Gasteiger partial charge in [-0.25, -0.2) is 4.79 Å². The Morgan fingerprint density at radius 2 is 2.25 bits per heavy atom. The van der Waals surface area contributed by atoms with E-state index in [1.54, 1.807) is 7.05 Å². The molecule has 66 valence electrons. The molecule has 0 aliphatic rings. The Kier molecular flexibility index (Phi) is 2.52. The number of nitrogens with zero attached hydrogens (tertiary/aromatic N) is 2. The van der Waals surface area contributed by atoms with Gasteiger partial charge in [0.05, 0.1) is 17.3 Å². The highest BCUT2D eigenvalue weighted by Gasteiger charge is 2.18. The smallest absolute Gasteiger partial charge is 0.357 e. The Morgan fingerprint density at radius 1 is 1.67 bits per heavy atom. The lowest BCUT2D eigenvalue weighted by Crippen LogP contribution is -2.08. The monoisotopic (exact) mass is 232 g/mol. The molecule has 1 heterocycles. The van der Waals surface area contributed by atoms with Gasteiger partial charge in [0, 0.05) is 7.05 Å². The van der Waals surface area contributed by atoms with Gasteiger partial charge < -0.3 is 4.74 Å². The van der Waals surface area contributed by atoms with Crippen molar-refractivity contribution in [3.63, 3.8) is 0 Å². The van der Waals surface area contributed by atoms with Gasteiger partial charge in [0.25, 0.3) is 0 Å². The minimum absolute atomic E-state index is 0.384. The van der Waals surface area contributed by atoms with Gasteiger partial charge in [0.2, 0.25) is 0 Å². The van der Waals surface area contributed by atoms with Crippen LogP contribution in [0.1, 0.15) is 16.2 Å². The summed E-state index contributed by atoms with van der Waals surface area (Å²) in [5.41, 5.74) is 1.22. The Bertz CT molecular complexity index is 319. The molecule has 0 radical (unpaired) electrons. The maximum absolute atomic E-state index is 11.2. The zero-order valence-corrected chi connectivity index (χ0v) is 8.67. The van der Waals surface area contributed by atoms with Crippen LogP contribution in [0.15, 0.2) is 4.47 Å². The molecule has 0 aliphatic carbocycles. The van der Waals surface area contributed by atoms with Crippen LogP contribution in [-0.4, -0.2) is 22.9 Å². The van der Waals surface area contributed by atoms with Gasteiger partial charge in [0.1, 0.15) is 0 Å². The van der Waals surface area contributed by atoms with Gasteiger partial charge in [-0.1, -0.05) is 0 Å². The third-order valence-corrected chi connectivity index (χ3v) is 2.48. The predicted octanol–water partition coefficient (Wildman–Crippen LogP) is 1.28. The first-order valence-electron chi connectivity index (χ1n) is 3.35. The van der Waals surface area contributed by atoms with Crippen molar-refractivity contribution < 1.29 is 9.53 Å². The second-order valence-electron chi connectivity index (χ2n) is 2.36. The zero-order valence-electron chi connectivity index (χ0n) is 7.09. The van der Waals surface area contributed by atoms with Crippen LogP contribution in [0.5, 0.6) is 0 Å². The number of rotatable bonds is 1. The van der Waals surface area contributed by atoms with Crippen LogP contribution in [0.3, 0.4) is 0 Å². The molecule has 0 aliphatic heterocycles. The molecule has 0 aromatic carbocycles. The van der Waals surface area contributed by atoms with Gasteiger partial charge in [-0.15, -0.1) is 0 Å². The molecule has 0 saturated carbocycles. The van der Waals surface area contributed by atoms with E-state index in [1.807, 2.05) is 6.92 Å². The Balaban J connectivity index is 3.22. The van der Waals surface area contributed by atoms with Crippen molar-refractivity contribution in [2.45, 2.75) is 6.92 Å². The van der Waals surface area contributed by atoms with Crippen molar-refractivity contribution in [2.24, 2.45) is 7.05 Å². The fourth-order valence-electron chi connectivity index (χ4n) is 0.951. The first-order valence-corrected chi connectivity index (χ1v) is 4.14. The standard InChI is InChI=1S/C7H9BrN2O2/c1-4-5(8)6(7(11)12-3)10(2)9-4/h1-3H3. The number of hydrogen-bond donors (Lipinski definition) is 0. The van der Waals surface area contributed by atoms with Crippen molar-refractivity contribution in [3.8, 4) is 0 Å². The Morgan fingerprint density at radius 3 is 2.58 bits per heavy atom. The van der Waals surface area contributed by atoms with E-state index in [-0.39, 0.29) is 5.97 Å². The molecule has 0 amide bonds. The highest BCUT2D eigenvalue weighted by atomic mass is 79.9. The van der Waals surface area contributed by atoms with Crippen LogP contribution in [0.25, 0.3) is 0 Å². The summed E-state index contributed by atoms with van der Waals surface area (Å²) in [5, 5.41) is 4.05. The van der Waals surface area contributed by atoms with E-state index < -0.39 is 0 Å². The molecule has 5 heteroatoms. The SMILES string of the molecule is COC(=O)c1c(Br)c(C)nn1C. The van der Waals surface area contributed by atoms with E-state index in [4.69, 9.17) is 0 Å². The number of halogens is 1. The number of carbonyl (C=O) groups excluding carboxylic acids is 1. The molecule has 0 saturated heterocycles. The average Bonchev–Trinajstić information content (AvgIpc) is 2.26. The molecule has 0 spiro atoms. The largest absolute Gasteiger partial charge is 0.464 e. The molecule has 0 atom stereocenters. The van der Waals surface area contributed by atoms with Gasteiger partial charge in [0.15, 0.2) is 5.69 Å². The Labute approximate surface area is 78.6 Å². The summed E-state index contributed by atoms with van der Waals surface area (Å²) in [5.74, 6) is -0.384. The highest BCUT2D eigenvalue weighted by Crippen LogP contribution is 2.20. The minimum atomic E-state index is -0.384. The molecular weight excluding hydrogens is 224 g/mol. The molecule has 0 N–H and O–H groups in total. The summed E-state index contributed by atoms with van der Waals surface area (Å²) in [6.45, 7) is 1.82. The normalized spacial score (nSPS) is 10.0. The molecular formula is C7H9BrN2O2. The number of methoxy groups -OCH3 is 1. The van der Waals surface area contributed by atoms with E-state index in [0.29, 0.717) is 10.2 Å². The number of aryl methyl sites for hydroxylation is 2. The molecule has 1 rings (SSSR count). The van der Waals surface area contributed by atoms with E-state index in [2.05, 4.69) is 25.8 Å². The van der Waals surface area contributed by atoms with E-state index >= 15 is 0 Å². The van der Waals surface area contributed by atoms with Crippen LogP contribution >= 0.6 is 15.9 Å². The number of aromatic nitrogens is 2. The maximum atomic E-state index is 11.2. The summed E-state index contributed by atoms with van der Waals surface area (Å²) in [6.07, 6.45) is 0. The molecule has 0 bridgehead atoms. The van der Waals surface area contributed by atoms with Crippen LogP contribution in [0.2, 0.25) is 0 Å². The fourth-order valence-corrected chi connectivity index (χ4v) is 1.45. The molecule has 4 nitrogen and oxygen atoms in total. The van der Waals surface area contributed by atoms with Crippen LogP contribution in [-0.2, 0) is 11.8 Å². The topological polar surface area (TPSA) is 44.1 Å². The van der Waals surface area contributed by atoms with Crippen molar-refractivity contribution in [1.29, 1.82) is 0 Å². The van der Waals surface area contributed by atoms with Crippen LogP contribution < -0.4 is 0 Å². The first-order chi connectivity index (χ1) is 5.57. The highest BCUT2D eigenvalue weighted by molar-refractivity contribution is 9.10. The molecule has 1 aromatic heterocycles. The van der Waals surface area contributed by atoms with Crippen molar-refractivity contribution in [3.05, 3.63) is 15.9 Å². The van der Waals surface area contributed by atoms with Crippen molar-refractivity contribution >= 4 is 21.9 Å². The third kappa shape index (κ3) is 1.36. The lowest BCUT2D eigenvalue weighted by atomic mass is 10.4. The van der Waals surface area contributed by atoms with Crippen molar-refractivity contribution in [1.82, 2.24) is 9.78 Å². The number of esters is 1. The molecule has 12 heavy (non-hydrogen) atoms. The molecule has 0 unspecified atom stereocenters. The summed E-state index contributed by atoms with van der Waals surface area (Å²) < 4.78 is 6.76. The quantitative estimate of drug-likeness (QED) is 0.686. The average molecular weight is 233 g/mol. The first kappa shape index (κ1) is 9.25. The second-order valence-corrected chi connectivity index (χ2v) is 3.16. The van der Waals surface area contributed by atoms with Crippen LogP contribution in [0, 0.1) is 6.92 Å². The number of hydrogen-bond acceptors (Lipinski definition) is 3. The van der Waals surface area contributed by atoms with Gasteiger partial charge in [-0.3, -0.25) is 4.68 Å². The summed E-state index contributed by atoms with van der Waals surface area (Å²) in [7, 11) is 3.04. The van der Waals surface area contributed by atoms with E-state index in [1.165, 1.54) is 11.8 Å². The lowest BCUT2D eigenvalue weighted by Gasteiger charge is -1.98. The molecule has 0 fully saturated rings. The minimum Gasteiger partial charge on any atom is -0.464 e. The van der Waals surface area contributed by atoms with Crippen LogP contribution in [0.4, 0.5) is 0 Å². The van der Waals surface area contributed by atoms with Gasteiger partial charge >= 0.3 is 5.97 Å². The lowest BCUT2D eigenvalue weighted by molar-refractivity contribution is 0.0587. The zero-order chi connectivity index (χ0) is 9.30. The van der Waals surface area contributed by atoms with Gasteiger partial charge in [-0.05, 0) is 22.9 Å². The predicted molar refractivity (Wildman–Crippen MR) is 47.0 cm³/mol. The second kappa shape index (κ2) is 3.26. The summed E-state index contributed by atoms with van der Waals surface area (Å²) in [4.78, 5) is 11.2. The number of ether oxygens (including phenoxy) is 1. The fraction of sp³-hybridized carbons (Fsp3) is 0.429. The summed E-state index contributed by atoms with van der Waals surface area (Å²) in [6, 6.07) is 0. The number of carbonyl (C=O) groups is 1. The van der Waals surface area contributed by atoms with E-state index in [9.17, 15) is 4.79 Å². The van der Waals surface area contributed by atoms with Gasteiger partial charge in [-0.2, -0.15) is 5.10 Å². The van der Waals surface area contributed by atoms with E-state index in [0.717, 1.165) is 5.69 Å². The van der Waals surface area contributed by atoms with Crippen molar-refractivity contribution in [2.75, 3.05) is 7.11 Å². The molecule has 1 aromatic rings. The Hall–Kier alpha value is -0.840.